The molecule has 28 heavy (non-hydrogen) atoms. The van der Waals surface area contributed by atoms with Crippen LogP contribution in [-0.4, -0.2) is 35.3 Å². The first kappa shape index (κ1) is 18.5. The maximum Gasteiger partial charge on any atom is 0.228 e. The third-order valence-electron chi connectivity index (χ3n) is 5.53. The van der Waals surface area contributed by atoms with E-state index in [1.54, 1.807) is 0 Å². The largest absolute Gasteiger partial charge is 0.438 e. The SMILES string of the molecule is CCC[C@H](CNC=O)C(=O)N1CCC[C@H]1c1nc2cc3ccccc3cc2o1. The molecule has 1 aromatic heterocycles. The average Bonchev–Trinajstić information content (AvgIpc) is 3.35. The minimum Gasteiger partial charge on any atom is -0.438 e. The summed E-state index contributed by atoms with van der Waals surface area (Å²) in [4.78, 5) is 30.4. The van der Waals surface area contributed by atoms with Crippen molar-refractivity contribution in [1.29, 1.82) is 0 Å². The number of rotatable bonds is 7. The summed E-state index contributed by atoms with van der Waals surface area (Å²) in [6, 6.07) is 12.0. The lowest BCUT2D eigenvalue weighted by Crippen LogP contribution is -2.40. The molecule has 1 aliphatic rings. The molecule has 2 aromatic carbocycles. The highest BCUT2D eigenvalue weighted by atomic mass is 16.3. The van der Waals surface area contributed by atoms with Gasteiger partial charge >= 0.3 is 0 Å². The smallest absolute Gasteiger partial charge is 0.228 e. The van der Waals surface area contributed by atoms with Gasteiger partial charge in [0.15, 0.2) is 5.58 Å². The molecule has 0 aliphatic carbocycles. The second kappa shape index (κ2) is 8.00. The summed E-state index contributed by atoms with van der Waals surface area (Å²) in [7, 11) is 0. The Kier molecular flexibility index (Phi) is 5.28. The van der Waals surface area contributed by atoms with Crippen LogP contribution in [0.15, 0.2) is 40.8 Å². The van der Waals surface area contributed by atoms with E-state index in [-0.39, 0.29) is 17.9 Å². The van der Waals surface area contributed by atoms with Crippen LogP contribution < -0.4 is 5.32 Å². The molecule has 4 rings (SSSR count). The van der Waals surface area contributed by atoms with Gasteiger partial charge in [-0.2, -0.15) is 0 Å². The third kappa shape index (κ3) is 3.46. The van der Waals surface area contributed by atoms with Crippen LogP contribution >= 0.6 is 0 Å². The zero-order chi connectivity index (χ0) is 19.5. The number of carbonyl (C=O) groups excluding carboxylic acids is 2. The standard InChI is InChI=1S/C22H25N3O3/c1-2-6-17(13-23-14-26)22(27)25-10-5-9-19(25)21-24-18-11-15-7-3-4-8-16(15)12-20(18)28-21/h3-4,7-8,11-12,14,17,19H,2,5-6,9-10,13H2,1H3,(H,23,26)/t17-,19+/m1/s1. The van der Waals surface area contributed by atoms with Gasteiger partial charge in [0.25, 0.3) is 0 Å². The fourth-order valence-corrected chi connectivity index (χ4v) is 4.15. The van der Waals surface area contributed by atoms with Crippen molar-refractivity contribution in [3.8, 4) is 0 Å². The van der Waals surface area contributed by atoms with Gasteiger partial charge < -0.3 is 14.6 Å². The Morgan fingerprint density at radius 3 is 2.89 bits per heavy atom. The van der Waals surface area contributed by atoms with Crippen molar-refractivity contribution in [2.75, 3.05) is 13.1 Å². The van der Waals surface area contributed by atoms with Crippen molar-refractivity contribution in [2.45, 2.75) is 38.6 Å². The highest BCUT2D eigenvalue weighted by molar-refractivity contribution is 5.94. The zero-order valence-electron chi connectivity index (χ0n) is 16.1. The van der Waals surface area contributed by atoms with Gasteiger partial charge in [-0.1, -0.05) is 37.6 Å². The van der Waals surface area contributed by atoms with Crippen LogP contribution in [0.3, 0.4) is 0 Å². The van der Waals surface area contributed by atoms with Crippen molar-refractivity contribution >= 4 is 34.2 Å². The van der Waals surface area contributed by atoms with E-state index in [1.807, 2.05) is 36.1 Å². The molecule has 0 saturated carbocycles. The van der Waals surface area contributed by atoms with E-state index in [0.29, 0.717) is 25.4 Å². The summed E-state index contributed by atoms with van der Waals surface area (Å²) in [5.74, 6) is 0.476. The number of hydrogen-bond acceptors (Lipinski definition) is 4. The summed E-state index contributed by atoms with van der Waals surface area (Å²) in [6.45, 7) is 3.12. The summed E-state index contributed by atoms with van der Waals surface area (Å²) in [5, 5.41) is 4.90. The molecule has 2 atom stereocenters. The fourth-order valence-electron chi connectivity index (χ4n) is 4.15. The van der Waals surface area contributed by atoms with E-state index in [1.165, 1.54) is 0 Å². The lowest BCUT2D eigenvalue weighted by molar-refractivity contribution is -0.137. The lowest BCUT2D eigenvalue weighted by Gasteiger charge is -2.27. The number of nitrogens with zero attached hydrogens (tertiary/aromatic N) is 2. The molecule has 0 unspecified atom stereocenters. The van der Waals surface area contributed by atoms with E-state index < -0.39 is 0 Å². The molecule has 1 saturated heterocycles. The molecular weight excluding hydrogens is 354 g/mol. The van der Waals surface area contributed by atoms with E-state index in [0.717, 1.165) is 47.6 Å². The molecule has 1 fully saturated rings. The first-order chi connectivity index (χ1) is 13.7. The number of oxazole rings is 1. The third-order valence-corrected chi connectivity index (χ3v) is 5.53. The number of likely N-dealkylation sites (tertiary alicyclic amines) is 1. The number of nitrogens with one attached hydrogen (secondary N) is 1. The van der Waals surface area contributed by atoms with E-state index >= 15 is 0 Å². The summed E-state index contributed by atoms with van der Waals surface area (Å²) in [6.07, 6.45) is 4.07. The van der Waals surface area contributed by atoms with Crippen LogP contribution in [-0.2, 0) is 9.59 Å². The van der Waals surface area contributed by atoms with Gasteiger partial charge in [0.1, 0.15) is 11.6 Å². The number of amides is 2. The molecule has 0 bridgehead atoms. The van der Waals surface area contributed by atoms with Crippen molar-refractivity contribution < 1.29 is 14.0 Å². The Morgan fingerprint density at radius 2 is 2.14 bits per heavy atom. The van der Waals surface area contributed by atoms with Crippen molar-refractivity contribution in [1.82, 2.24) is 15.2 Å². The van der Waals surface area contributed by atoms with Crippen LogP contribution in [0.4, 0.5) is 0 Å². The van der Waals surface area contributed by atoms with Crippen LogP contribution in [0, 0.1) is 5.92 Å². The molecule has 6 nitrogen and oxygen atoms in total. The summed E-state index contributed by atoms with van der Waals surface area (Å²) < 4.78 is 6.08. The van der Waals surface area contributed by atoms with Gasteiger partial charge in [-0.05, 0) is 42.2 Å². The summed E-state index contributed by atoms with van der Waals surface area (Å²) >= 11 is 0. The van der Waals surface area contributed by atoms with Crippen LogP contribution in [0.5, 0.6) is 0 Å². The number of benzene rings is 2. The van der Waals surface area contributed by atoms with Crippen LogP contribution in [0.25, 0.3) is 21.9 Å². The maximum absolute atomic E-state index is 13.1. The number of carbonyl (C=O) groups is 2. The van der Waals surface area contributed by atoms with Crippen molar-refractivity contribution in [3.05, 3.63) is 42.3 Å². The van der Waals surface area contributed by atoms with E-state index in [2.05, 4.69) is 17.4 Å². The molecular formula is C22H25N3O3. The molecule has 6 heteroatoms. The van der Waals surface area contributed by atoms with Crippen LogP contribution in [0.1, 0.15) is 44.5 Å². The first-order valence-corrected chi connectivity index (χ1v) is 9.98. The monoisotopic (exact) mass is 379 g/mol. The molecule has 3 aromatic rings. The second-order valence-corrected chi connectivity index (χ2v) is 7.42. The number of fused-ring (bicyclic) bond motifs is 2. The minimum absolute atomic E-state index is 0.0751. The van der Waals surface area contributed by atoms with E-state index in [9.17, 15) is 9.59 Å². The number of hydrogen-bond donors (Lipinski definition) is 1. The van der Waals surface area contributed by atoms with Crippen molar-refractivity contribution in [3.63, 3.8) is 0 Å². The maximum atomic E-state index is 13.1. The van der Waals surface area contributed by atoms with Gasteiger partial charge in [-0.15, -0.1) is 0 Å². The van der Waals surface area contributed by atoms with Gasteiger partial charge in [-0.3, -0.25) is 9.59 Å². The van der Waals surface area contributed by atoms with Gasteiger partial charge in [-0.25, -0.2) is 4.98 Å². The first-order valence-electron chi connectivity index (χ1n) is 9.98. The van der Waals surface area contributed by atoms with Gasteiger partial charge in [0, 0.05) is 13.1 Å². The number of aromatic nitrogens is 1. The topological polar surface area (TPSA) is 75.4 Å². The Labute approximate surface area is 163 Å². The molecule has 2 heterocycles. The molecule has 2 amide bonds. The minimum atomic E-state index is -0.206. The van der Waals surface area contributed by atoms with Gasteiger partial charge in [0.05, 0.1) is 5.92 Å². The normalized spacial score (nSPS) is 17.9. The molecule has 1 N–H and O–H groups in total. The highest BCUT2D eigenvalue weighted by Gasteiger charge is 2.36. The fraction of sp³-hybridized carbons (Fsp3) is 0.409. The van der Waals surface area contributed by atoms with Crippen molar-refractivity contribution in [2.24, 2.45) is 5.92 Å². The predicted octanol–water partition coefficient (Wildman–Crippen LogP) is 3.81. The Bertz CT molecular complexity index is 945. The highest BCUT2D eigenvalue weighted by Crippen LogP contribution is 2.35. The second-order valence-electron chi connectivity index (χ2n) is 7.42. The summed E-state index contributed by atoms with van der Waals surface area (Å²) in [5.41, 5.74) is 1.57. The predicted molar refractivity (Wildman–Crippen MR) is 108 cm³/mol. The Hall–Kier alpha value is -2.89. The van der Waals surface area contributed by atoms with Crippen LogP contribution in [0.2, 0.25) is 0 Å². The zero-order valence-corrected chi connectivity index (χ0v) is 16.1. The average molecular weight is 379 g/mol. The quantitative estimate of drug-likeness (QED) is 0.634. The molecule has 0 radical (unpaired) electrons. The van der Waals surface area contributed by atoms with Gasteiger partial charge in [0.2, 0.25) is 18.2 Å². The van der Waals surface area contributed by atoms with E-state index in [4.69, 9.17) is 9.40 Å². The lowest BCUT2D eigenvalue weighted by atomic mass is 10.0. The Balaban J connectivity index is 1.62. The Morgan fingerprint density at radius 1 is 1.36 bits per heavy atom. The molecule has 146 valence electrons. The molecule has 1 aliphatic heterocycles. The molecule has 0 spiro atoms.